The highest BCUT2D eigenvalue weighted by Crippen LogP contribution is 1.99. The Labute approximate surface area is 86.5 Å². The average Bonchev–Trinajstić information content (AvgIpc) is 2.00. The summed E-state index contributed by atoms with van der Waals surface area (Å²) < 4.78 is 0. The van der Waals surface area contributed by atoms with Gasteiger partial charge in [0.2, 0.25) is 5.91 Å². The lowest BCUT2D eigenvalue weighted by atomic mass is 10.1. The number of carboxylic acid groups (broad SMARTS) is 2. The molecule has 0 aliphatic carbocycles. The van der Waals surface area contributed by atoms with E-state index in [1.165, 1.54) is 11.8 Å². The fraction of sp³-hybridized carbons (Fsp3) is 0.625. The third kappa shape index (κ3) is 6.44. The summed E-state index contributed by atoms with van der Waals surface area (Å²) in [5.41, 5.74) is 4.90. The molecule has 0 radical (unpaired) electrons. The lowest BCUT2D eigenvalue weighted by Gasteiger charge is -2.20. The molecule has 0 aliphatic rings. The number of carbonyl (C=O) groups is 3. The molecule has 7 nitrogen and oxygen atoms in total. The number of aliphatic carboxylic acids is 2. The Kier molecular flexibility index (Phi) is 5.32. The fourth-order valence-corrected chi connectivity index (χ4v) is 1.06. The second kappa shape index (κ2) is 5.97. The van der Waals surface area contributed by atoms with Gasteiger partial charge in [0.05, 0.1) is 19.0 Å². The van der Waals surface area contributed by atoms with Crippen molar-refractivity contribution in [3.05, 3.63) is 0 Å². The van der Waals surface area contributed by atoms with Crippen molar-refractivity contribution in [1.82, 2.24) is 4.90 Å². The molecule has 0 aromatic heterocycles. The summed E-state index contributed by atoms with van der Waals surface area (Å²) in [6.45, 7) is 0.743. The van der Waals surface area contributed by atoms with Gasteiger partial charge in [-0.3, -0.25) is 19.3 Å². The van der Waals surface area contributed by atoms with E-state index in [2.05, 4.69) is 0 Å². The van der Waals surface area contributed by atoms with Crippen LogP contribution in [0, 0.1) is 5.92 Å². The number of nitrogens with zero attached hydrogens (tertiary/aromatic N) is 1. The standard InChI is InChI=1S/C8H14N2O5/c1-5(8(14)15)2-10(3-6(9)11)4-7(12)13/h5H,2-4H2,1H3,(H2,9,11)(H,12,13)(H,14,15). The van der Waals surface area contributed by atoms with E-state index in [4.69, 9.17) is 15.9 Å². The van der Waals surface area contributed by atoms with Crippen LogP contribution < -0.4 is 5.73 Å². The van der Waals surface area contributed by atoms with Crippen molar-refractivity contribution >= 4 is 17.8 Å². The van der Waals surface area contributed by atoms with Crippen LogP contribution in [0.1, 0.15) is 6.92 Å². The highest BCUT2D eigenvalue weighted by molar-refractivity contribution is 5.77. The first-order chi connectivity index (χ1) is 6.82. The molecule has 1 amide bonds. The van der Waals surface area contributed by atoms with Gasteiger partial charge in [-0.25, -0.2) is 0 Å². The SMILES string of the molecule is CC(CN(CC(N)=O)CC(=O)O)C(=O)O. The Morgan fingerprint density at radius 1 is 1.27 bits per heavy atom. The Morgan fingerprint density at radius 2 is 1.80 bits per heavy atom. The number of rotatable bonds is 7. The third-order valence-electron chi connectivity index (χ3n) is 1.69. The summed E-state index contributed by atoms with van der Waals surface area (Å²) in [5, 5.41) is 17.1. The highest BCUT2D eigenvalue weighted by Gasteiger charge is 2.19. The first-order valence-electron chi connectivity index (χ1n) is 4.28. The maximum atomic E-state index is 10.6. The molecule has 0 saturated heterocycles. The van der Waals surface area contributed by atoms with Gasteiger partial charge in [0.25, 0.3) is 0 Å². The molecular formula is C8H14N2O5. The van der Waals surface area contributed by atoms with Gasteiger partial charge >= 0.3 is 11.9 Å². The molecule has 15 heavy (non-hydrogen) atoms. The van der Waals surface area contributed by atoms with Crippen molar-refractivity contribution in [3.8, 4) is 0 Å². The molecule has 0 saturated carbocycles. The molecule has 0 fully saturated rings. The molecular weight excluding hydrogens is 204 g/mol. The summed E-state index contributed by atoms with van der Waals surface area (Å²) in [6, 6.07) is 0. The van der Waals surface area contributed by atoms with E-state index in [1.54, 1.807) is 0 Å². The van der Waals surface area contributed by atoms with Crippen LogP contribution in [0.2, 0.25) is 0 Å². The van der Waals surface area contributed by atoms with Crippen molar-refractivity contribution in [1.29, 1.82) is 0 Å². The fourth-order valence-electron chi connectivity index (χ4n) is 1.06. The van der Waals surface area contributed by atoms with Crippen molar-refractivity contribution in [3.63, 3.8) is 0 Å². The molecule has 0 aliphatic heterocycles. The molecule has 86 valence electrons. The zero-order chi connectivity index (χ0) is 12.0. The van der Waals surface area contributed by atoms with Crippen LogP contribution in [-0.4, -0.2) is 52.6 Å². The minimum atomic E-state index is -1.13. The van der Waals surface area contributed by atoms with Gasteiger partial charge in [0.15, 0.2) is 0 Å². The summed E-state index contributed by atoms with van der Waals surface area (Å²) in [5.74, 6) is -3.61. The molecule has 0 aromatic carbocycles. The number of carboxylic acids is 2. The van der Waals surface area contributed by atoms with E-state index < -0.39 is 30.3 Å². The monoisotopic (exact) mass is 218 g/mol. The van der Waals surface area contributed by atoms with Crippen LogP contribution in [0.5, 0.6) is 0 Å². The van der Waals surface area contributed by atoms with E-state index in [-0.39, 0.29) is 13.1 Å². The van der Waals surface area contributed by atoms with E-state index in [0.29, 0.717) is 0 Å². The topological polar surface area (TPSA) is 121 Å². The van der Waals surface area contributed by atoms with Crippen LogP contribution in [0.25, 0.3) is 0 Å². The van der Waals surface area contributed by atoms with Gasteiger partial charge in [-0.1, -0.05) is 6.92 Å². The second-order valence-electron chi connectivity index (χ2n) is 3.27. The van der Waals surface area contributed by atoms with E-state index in [0.717, 1.165) is 0 Å². The summed E-state index contributed by atoms with van der Waals surface area (Å²) in [4.78, 5) is 32.7. The maximum absolute atomic E-state index is 10.6. The molecule has 0 aromatic rings. The Hall–Kier alpha value is -1.63. The zero-order valence-corrected chi connectivity index (χ0v) is 8.34. The van der Waals surface area contributed by atoms with Gasteiger partial charge < -0.3 is 15.9 Å². The minimum absolute atomic E-state index is 0.0232. The highest BCUT2D eigenvalue weighted by atomic mass is 16.4. The molecule has 4 N–H and O–H groups in total. The van der Waals surface area contributed by atoms with Crippen LogP contribution >= 0.6 is 0 Å². The van der Waals surface area contributed by atoms with E-state index in [9.17, 15) is 14.4 Å². The Bertz CT molecular complexity index is 250. The first-order valence-corrected chi connectivity index (χ1v) is 4.28. The molecule has 7 heteroatoms. The number of hydrogen-bond donors (Lipinski definition) is 3. The van der Waals surface area contributed by atoms with Crippen molar-refractivity contribution in [2.24, 2.45) is 11.7 Å². The molecule has 0 bridgehead atoms. The number of amides is 1. The maximum Gasteiger partial charge on any atom is 0.317 e. The molecule has 0 heterocycles. The van der Waals surface area contributed by atoms with Gasteiger partial charge in [-0.05, 0) is 0 Å². The van der Waals surface area contributed by atoms with Crippen molar-refractivity contribution in [2.75, 3.05) is 19.6 Å². The van der Waals surface area contributed by atoms with Crippen LogP contribution in [-0.2, 0) is 14.4 Å². The minimum Gasteiger partial charge on any atom is -0.481 e. The molecule has 0 spiro atoms. The largest absolute Gasteiger partial charge is 0.481 e. The van der Waals surface area contributed by atoms with Crippen molar-refractivity contribution < 1.29 is 24.6 Å². The van der Waals surface area contributed by atoms with Gasteiger partial charge in [-0.15, -0.1) is 0 Å². The van der Waals surface area contributed by atoms with E-state index >= 15 is 0 Å². The average molecular weight is 218 g/mol. The molecule has 0 rings (SSSR count). The Balaban J connectivity index is 4.29. The molecule has 1 atom stereocenters. The van der Waals surface area contributed by atoms with Crippen molar-refractivity contribution in [2.45, 2.75) is 6.92 Å². The van der Waals surface area contributed by atoms with E-state index in [1.807, 2.05) is 0 Å². The summed E-state index contributed by atoms with van der Waals surface area (Å²) in [7, 11) is 0. The van der Waals surface area contributed by atoms with Crippen LogP contribution in [0.15, 0.2) is 0 Å². The van der Waals surface area contributed by atoms with Crippen LogP contribution in [0.4, 0.5) is 0 Å². The number of primary amides is 1. The lowest BCUT2D eigenvalue weighted by Crippen LogP contribution is -2.41. The first kappa shape index (κ1) is 13.4. The van der Waals surface area contributed by atoms with Gasteiger partial charge in [0, 0.05) is 6.54 Å². The number of hydrogen-bond acceptors (Lipinski definition) is 4. The normalized spacial score (nSPS) is 12.4. The number of carbonyl (C=O) groups excluding carboxylic acids is 1. The number of nitrogens with two attached hydrogens (primary N) is 1. The predicted molar refractivity (Wildman–Crippen MR) is 50.1 cm³/mol. The third-order valence-corrected chi connectivity index (χ3v) is 1.69. The predicted octanol–water partition coefficient (Wildman–Crippen LogP) is -1.42. The zero-order valence-electron chi connectivity index (χ0n) is 8.34. The summed E-state index contributed by atoms with van der Waals surface area (Å²) >= 11 is 0. The Morgan fingerprint density at radius 3 is 2.13 bits per heavy atom. The van der Waals surface area contributed by atoms with Gasteiger partial charge in [-0.2, -0.15) is 0 Å². The second-order valence-corrected chi connectivity index (χ2v) is 3.27. The quantitative estimate of drug-likeness (QED) is 0.482. The van der Waals surface area contributed by atoms with Crippen LogP contribution in [0.3, 0.4) is 0 Å². The molecule has 1 unspecified atom stereocenters. The van der Waals surface area contributed by atoms with Gasteiger partial charge in [0.1, 0.15) is 0 Å². The lowest BCUT2D eigenvalue weighted by molar-refractivity contribution is -0.144. The summed E-state index contributed by atoms with van der Waals surface area (Å²) in [6.07, 6.45) is 0. The smallest absolute Gasteiger partial charge is 0.317 e.